The summed E-state index contributed by atoms with van der Waals surface area (Å²) >= 11 is 3.88. The lowest BCUT2D eigenvalue weighted by atomic mass is 10.0. The van der Waals surface area contributed by atoms with E-state index in [-0.39, 0.29) is 30.4 Å². The number of hydrogen-bond donors (Lipinski definition) is 6. The zero-order valence-electron chi connectivity index (χ0n) is 17.2. The highest BCUT2D eigenvalue weighted by atomic mass is 32.1. The lowest BCUT2D eigenvalue weighted by Crippen LogP contribution is -2.57. The highest BCUT2D eigenvalue weighted by molar-refractivity contribution is 7.80. The summed E-state index contributed by atoms with van der Waals surface area (Å²) in [4.78, 5) is 61.6. The van der Waals surface area contributed by atoms with Crippen LogP contribution in [0.1, 0.15) is 39.5 Å². The number of carboxylic acid groups (broad SMARTS) is 1. The zero-order valence-corrected chi connectivity index (χ0v) is 18.1. The van der Waals surface area contributed by atoms with E-state index in [0.29, 0.717) is 19.4 Å². The van der Waals surface area contributed by atoms with E-state index in [1.807, 2.05) is 0 Å². The van der Waals surface area contributed by atoms with E-state index in [9.17, 15) is 24.0 Å². The minimum Gasteiger partial charge on any atom is -0.480 e. The molecule has 4 atom stereocenters. The van der Waals surface area contributed by atoms with Crippen molar-refractivity contribution >= 4 is 42.2 Å². The molecule has 0 saturated carbocycles. The number of likely N-dealkylation sites (tertiary alicyclic amines) is 1. The first kappa shape index (κ1) is 25.7. The van der Waals surface area contributed by atoms with Crippen LogP contribution in [-0.2, 0) is 24.0 Å². The van der Waals surface area contributed by atoms with Crippen molar-refractivity contribution in [2.75, 3.05) is 12.3 Å². The van der Waals surface area contributed by atoms with Crippen LogP contribution < -0.4 is 22.1 Å². The van der Waals surface area contributed by atoms with E-state index in [2.05, 4.69) is 23.3 Å². The van der Waals surface area contributed by atoms with Gasteiger partial charge in [0.2, 0.25) is 23.6 Å². The normalized spacial score (nSPS) is 19.1. The smallest absolute Gasteiger partial charge is 0.327 e. The number of aliphatic carboxylic acids is 1. The molecule has 0 aromatic carbocycles. The summed E-state index contributed by atoms with van der Waals surface area (Å²) in [6.45, 7) is 3.98. The number of carbonyl (C=O) groups is 5. The minimum absolute atomic E-state index is 0.106. The molecule has 0 aromatic rings. The van der Waals surface area contributed by atoms with E-state index in [0.717, 1.165) is 0 Å². The molecule has 12 heteroatoms. The number of hydrogen-bond acceptors (Lipinski definition) is 7. The molecule has 0 bridgehead atoms. The lowest BCUT2D eigenvalue weighted by molar-refractivity contribution is -0.143. The zero-order chi connectivity index (χ0) is 23.0. The number of amides is 4. The van der Waals surface area contributed by atoms with E-state index >= 15 is 0 Å². The molecule has 4 amide bonds. The van der Waals surface area contributed by atoms with Gasteiger partial charge in [0, 0.05) is 18.7 Å². The average molecular weight is 446 g/mol. The van der Waals surface area contributed by atoms with Crippen LogP contribution in [0.15, 0.2) is 0 Å². The van der Waals surface area contributed by atoms with Gasteiger partial charge in [-0.25, -0.2) is 4.79 Å². The van der Waals surface area contributed by atoms with Crippen molar-refractivity contribution in [1.82, 2.24) is 15.5 Å². The van der Waals surface area contributed by atoms with Gasteiger partial charge in [-0.1, -0.05) is 13.8 Å². The summed E-state index contributed by atoms with van der Waals surface area (Å²) in [5.74, 6) is -3.91. The third kappa shape index (κ3) is 7.17. The number of rotatable bonds is 11. The molecule has 1 saturated heterocycles. The predicted molar refractivity (Wildman–Crippen MR) is 111 cm³/mol. The van der Waals surface area contributed by atoms with E-state index in [4.69, 9.17) is 16.6 Å². The number of carboxylic acids is 1. The quantitative estimate of drug-likeness (QED) is 0.203. The number of thiol groups is 1. The summed E-state index contributed by atoms with van der Waals surface area (Å²) in [6, 6.07) is -4.00. The molecule has 1 fully saturated rings. The van der Waals surface area contributed by atoms with Gasteiger partial charge in [-0.05, 0) is 25.2 Å². The van der Waals surface area contributed by atoms with Gasteiger partial charge in [-0.3, -0.25) is 19.2 Å². The van der Waals surface area contributed by atoms with Gasteiger partial charge < -0.3 is 32.1 Å². The summed E-state index contributed by atoms with van der Waals surface area (Å²) in [6.07, 6.45) is 0.703. The molecule has 1 rings (SSSR count). The highest BCUT2D eigenvalue weighted by Gasteiger charge is 2.38. The molecule has 1 aliphatic heterocycles. The maximum Gasteiger partial charge on any atom is 0.327 e. The Morgan fingerprint density at radius 2 is 1.80 bits per heavy atom. The number of primary amides is 1. The van der Waals surface area contributed by atoms with Crippen LogP contribution in [-0.4, -0.2) is 76.1 Å². The Morgan fingerprint density at radius 3 is 2.30 bits per heavy atom. The van der Waals surface area contributed by atoms with Crippen LogP contribution >= 0.6 is 12.6 Å². The minimum atomic E-state index is -1.28. The molecule has 170 valence electrons. The number of nitrogens with two attached hydrogens (primary N) is 2. The van der Waals surface area contributed by atoms with Gasteiger partial charge in [0.1, 0.15) is 18.1 Å². The van der Waals surface area contributed by atoms with E-state index in [1.165, 1.54) is 4.90 Å². The Balaban J connectivity index is 2.92. The highest BCUT2D eigenvalue weighted by Crippen LogP contribution is 2.20. The lowest BCUT2D eigenvalue weighted by Gasteiger charge is -2.29. The molecule has 0 aliphatic carbocycles. The van der Waals surface area contributed by atoms with Gasteiger partial charge in [0.15, 0.2) is 0 Å². The van der Waals surface area contributed by atoms with E-state index in [1.54, 1.807) is 13.8 Å². The summed E-state index contributed by atoms with van der Waals surface area (Å²) < 4.78 is 0. The van der Waals surface area contributed by atoms with Crippen LogP contribution in [0.4, 0.5) is 0 Å². The first-order valence-electron chi connectivity index (χ1n) is 9.78. The Bertz CT molecular complexity index is 673. The van der Waals surface area contributed by atoms with Gasteiger partial charge in [-0.2, -0.15) is 12.6 Å². The van der Waals surface area contributed by atoms with Crippen LogP contribution in [0.25, 0.3) is 0 Å². The van der Waals surface area contributed by atoms with Crippen molar-refractivity contribution in [1.29, 1.82) is 0 Å². The topological polar surface area (TPSA) is 185 Å². The van der Waals surface area contributed by atoms with Crippen molar-refractivity contribution in [3.8, 4) is 0 Å². The van der Waals surface area contributed by atoms with Gasteiger partial charge in [0.05, 0.1) is 6.04 Å². The molecule has 11 nitrogen and oxygen atoms in total. The first-order valence-corrected chi connectivity index (χ1v) is 10.4. The third-order valence-electron chi connectivity index (χ3n) is 4.95. The second-order valence-corrected chi connectivity index (χ2v) is 7.97. The Labute approximate surface area is 180 Å². The maximum absolute atomic E-state index is 12.8. The molecule has 0 spiro atoms. The van der Waals surface area contributed by atoms with Gasteiger partial charge in [0.25, 0.3) is 0 Å². The van der Waals surface area contributed by atoms with Crippen LogP contribution in [0, 0.1) is 5.92 Å². The van der Waals surface area contributed by atoms with Gasteiger partial charge in [-0.15, -0.1) is 0 Å². The first-order chi connectivity index (χ1) is 14.0. The average Bonchev–Trinajstić information content (AvgIpc) is 3.17. The Kier molecular flexibility index (Phi) is 10.1. The fourth-order valence-electron chi connectivity index (χ4n) is 3.06. The molecular weight excluding hydrogens is 414 g/mol. The number of carbonyl (C=O) groups excluding carboxylic acids is 4. The van der Waals surface area contributed by atoms with Gasteiger partial charge >= 0.3 is 5.97 Å². The summed E-state index contributed by atoms with van der Waals surface area (Å²) in [5.41, 5.74) is 11.1. The monoisotopic (exact) mass is 445 g/mol. The second kappa shape index (κ2) is 11.7. The molecule has 7 N–H and O–H groups in total. The van der Waals surface area contributed by atoms with Crippen molar-refractivity contribution in [2.45, 2.75) is 63.7 Å². The number of nitrogens with zero attached hydrogens (tertiary/aromatic N) is 1. The largest absolute Gasteiger partial charge is 0.480 e. The van der Waals surface area contributed by atoms with E-state index < -0.39 is 47.9 Å². The molecular formula is C18H31N5O6S. The van der Waals surface area contributed by atoms with Crippen LogP contribution in [0.5, 0.6) is 0 Å². The third-order valence-corrected chi connectivity index (χ3v) is 5.32. The summed E-state index contributed by atoms with van der Waals surface area (Å²) in [5, 5.41) is 13.9. The Hall–Kier alpha value is -2.34. The molecule has 1 aliphatic rings. The van der Waals surface area contributed by atoms with Crippen LogP contribution in [0.3, 0.4) is 0 Å². The van der Waals surface area contributed by atoms with Crippen molar-refractivity contribution < 1.29 is 29.1 Å². The molecule has 4 unspecified atom stereocenters. The fourth-order valence-corrected chi connectivity index (χ4v) is 3.31. The van der Waals surface area contributed by atoms with Crippen molar-refractivity contribution in [3.63, 3.8) is 0 Å². The molecule has 1 heterocycles. The SMILES string of the molecule is CC(C)C(N)C(=O)N1CCCC1C(=O)NC(CCC(N)=O)C(=O)NC(CS)C(=O)O. The fraction of sp³-hybridized carbons (Fsp3) is 0.722. The summed E-state index contributed by atoms with van der Waals surface area (Å²) in [7, 11) is 0. The van der Waals surface area contributed by atoms with Crippen molar-refractivity contribution in [2.24, 2.45) is 17.4 Å². The maximum atomic E-state index is 12.8. The standard InChI is InChI=1S/C18H31N5O6S/c1-9(2)14(20)17(27)23-7-3-4-12(23)16(26)21-10(5-6-13(19)24)15(25)22-11(8-30)18(28)29/h9-12,14,30H,3-8,20H2,1-2H3,(H2,19,24)(H,21,26)(H,22,25)(H,28,29). The predicted octanol–water partition coefficient (Wildman–Crippen LogP) is -1.79. The van der Waals surface area contributed by atoms with Crippen molar-refractivity contribution in [3.05, 3.63) is 0 Å². The molecule has 0 radical (unpaired) electrons. The second-order valence-electron chi connectivity index (χ2n) is 7.61. The molecule has 0 aromatic heterocycles. The molecule has 30 heavy (non-hydrogen) atoms. The number of nitrogens with one attached hydrogen (secondary N) is 2. The Morgan fingerprint density at radius 1 is 1.17 bits per heavy atom. The van der Waals surface area contributed by atoms with Crippen LogP contribution in [0.2, 0.25) is 0 Å².